The Kier molecular flexibility index (Phi) is 7.97. The molecule has 1 aromatic heterocycles. The van der Waals surface area contributed by atoms with Gasteiger partial charge in [-0.2, -0.15) is 0 Å². The van der Waals surface area contributed by atoms with Crippen LogP contribution in [0.1, 0.15) is 48.0 Å². The van der Waals surface area contributed by atoms with Crippen molar-refractivity contribution in [1.82, 2.24) is 10.0 Å². The smallest absolute Gasteiger partial charge is 0.251 e. The molecule has 2 aromatic carbocycles. The number of furan rings is 1. The fraction of sp³-hybridized carbons (Fsp3) is 0.292. The molecular formula is C24H27ClN2O5S. The van der Waals surface area contributed by atoms with Gasteiger partial charge < -0.3 is 14.5 Å². The van der Waals surface area contributed by atoms with Crippen LogP contribution >= 0.6 is 11.6 Å². The first-order valence-electron chi connectivity index (χ1n) is 10.3. The summed E-state index contributed by atoms with van der Waals surface area (Å²) in [7, 11) is -3.89. The van der Waals surface area contributed by atoms with Gasteiger partial charge in [-0.05, 0) is 62.2 Å². The van der Waals surface area contributed by atoms with Crippen LogP contribution in [0.4, 0.5) is 0 Å². The van der Waals surface area contributed by atoms with E-state index in [4.69, 9.17) is 20.8 Å². The Morgan fingerprint density at radius 1 is 1.03 bits per heavy atom. The zero-order valence-electron chi connectivity index (χ0n) is 18.7. The van der Waals surface area contributed by atoms with E-state index in [-0.39, 0.29) is 22.0 Å². The van der Waals surface area contributed by atoms with Crippen LogP contribution in [0, 0.1) is 0 Å². The maximum atomic E-state index is 12.7. The standard InChI is InChI=1S/C24H27ClN2O5S/c1-24(2,3)27-33(29,30)22-13-19(9-10-21(22)25)23(28)26-14-17-6-4-7-18(12-17)15-31-16-20-8-5-11-32-20/h4-13,27H,14-16H2,1-3H3,(H,26,28). The number of rotatable bonds is 9. The van der Waals surface area contributed by atoms with E-state index < -0.39 is 21.5 Å². The minimum Gasteiger partial charge on any atom is -0.467 e. The highest BCUT2D eigenvalue weighted by Gasteiger charge is 2.25. The number of halogens is 1. The van der Waals surface area contributed by atoms with Crippen molar-refractivity contribution in [2.24, 2.45) is 0 Å². The van der Waals surface area contributed by atoms with Gasteiger partial charge in [0.25, 0.3) is 5.91 Å². The molecule has 1 amide bonds. The molecule has 2 N–H and O–H groups in total. The highest BCUT2D eigenvalue weighted by molar-refractivity contribution is 7.89. The molecule has 0 aliphatic rings. The molecule has 3 aromatic rings. The second kappa shape index (κ2) is 10.5. The minimum absolute atomic E-state index is 0.0468. The largest absolute Gasteiger partial charge is 0.467 e. The number of benzene rings is 2. The van der Waals surface area contributed by atoms with Gasteiger partial charge >= 0.3 is 0 Å². The fourth-order valence-corrected chi connectivity index (χ4v) is 5.03. The van der Waals surface area contributed by atoms with Crippen LogP contribution in [-0.2, 0) is 34.5 Å². The Morgan fingerprint density at radius 2 is 1.79 bits per heavy atom. The van der Waals surface area contributed by atoms with Crippen molar-refractivity contribution >= 4 is 27.5 Å². The first-order chi connectivity index (χ1) is 15.5. The number of amides is 1. The van der Waals surface area contributed by atoms with Gasteiger partial charge in [0.15, 0.2) is 0 Å². The zero-order chi connectivity index (χ0) is 24.1. The number of carbonyl (C=O) groups is 1. The quantitative estimate of drug-likeness (QED) is 0.454. The third-order valence-corrected chi connectivity index (χ3v) is 6.70. The van der Waals surface area contributed by atoms with Gasteiger partial charge in [0.05, 0.1) is 17.9 Å². The van der Waals surface area contributed by atoms with Crippen molar-refractivity contribution in [3.05, 3.63) is 88.3 Å². The van der Waals surface area contributed by atoms with Gasteiger partial charge in [-0.3, -0.25) is 4.79 Å². The number of hydrogen-bond donors (Lipinski definition) is 2. The van der Waals surface area contributed by atoms with E-state index in [1.54, 1.807) is 27.0 Å². The van der Waals surface area contributed by atoms with E-state index in [9.17, 15) is 13.2 Å². The maximum absolute atomic E-state index is 12.7. The molecule has 0 unspecified atom stereocenters. The molecule has 0 spiro atoms. The second-order valence-corrected chi connectivity index (χ2v) is 10.6. The molecule has 0 atom stereocenters. The highest BCUT2D eigenvalue weighted by atomic mass is 35.5. The molecule has 9 heteroatoms. The van der Waals surface area contributed by atoms with Crippen LogP contribution in [0.25, 0.3) is 0 Å². The lowest BCUT2D eigenvalue weighted by atomic mass is 10.1. The molecule has 3 rings (SSSR count). The van der Waals surface area contributed by atoms with Crippen LogP contribution in [0.5, 0.6) is 0 Å². The minimum atomic E-state index is -3.89. The Bertz CT molecular complexity index is 1200. The molecule has 0 aliphatic carbocycles. The Hall–Kier alpha value is -2.65. The highest BCUT2D eigenvalue weighted by Crippen LogP contribution is 2.24. The van der Waals surface area contributed by atoms with Crippen molar-refractivity contribution < 1.29 is 22.4 Å². The Labute approximate surface area is 199 Å². The van der Waals surface area contributed by atoms with Crippen molar-refractivity contribution in [3.63, 3.8) is 0 Å². The van der Waals surface area contributed by atoms with E-state index in [2.05, 4.69) is 10.0 Å². The summed E-state index contributed by atoms with van der Waals surface area (Å²) < 4.78 is 38.8. The summed E-state index contributed by atoms with van der Waals surface area (Å²) in [5, 5.41) is 2.86. The van der Waals surface area contributed by atoms with Crippen LogP contribution in [0.15, 0.2) is 70.2 Å². The summed E-state index contributed by atoms with van der Waals surface area (Å²) in [6.45, 7) is 6.23. The fourth-order valence-electron chi connectivity index (χ4n) is 3.09. The third-order valence-electron chi connectivity index (χ3n) is 4.46. The lowest BCUT2D eigenvalue weighted by Gasteiger charge is -2.21. The van der Waals surface area contributed by atoms with Crippen molar-refractivity contribution in [2.45, 2.75) is 51.0 Å². The van der Waals surface area contributed by atoms with Crippen LogP contribution in [0.3, 0.4) is 0 Å². The molecule has 176 valence electrons. The SMILES string of the molecule is CC(C)(C)NS(=O)(=O)c1cc(C(=O)NCc2cccc(COCc3ccco3)c2)ccc1Cl. The molecule has 0 saturated heterocycles. The summed E-state index contributed by atoms with van der Waals surface area (Å²) in [4.78, 5) is 12.5. The van der Waals surface area contributed by atoms with E-state index in [0.717, 1.165) is 16.9 Å². The number of carbonyl (C=O) groups excluding carboxylic acids is 1. The lowest BCUT2D eigenvalue weighted by molar-refractivity contribution is 0.0928. The van der Waals surface area contributed by atoms with Crippen molar-refractivity contribution in [1.29, 1.82) is 0 Å². The molecule has 0 aliphatic heterocycles. The average Bonchev–Trinajstić information content (AvgIpc) is 3.24. The number of nitrogens with one attached hydrogen (secondary N) is 2. The van der Waals surface area contributed by atoms with Gasteiger partial charge in [-0.15, -0.1) is 0 Å². The van der Waals surface area contributed by atoms with Crippen LogP contribution in [-0.4, -0.2) is 19.9 Å². The maximum Gasteiger partial charge on any atom is 0.251 e. The molecular weight excluding hydrogens is 464 g/mol. The summed E-state index contributed by atoms with van der Waals surface area (Å²) in [6.07, 6.45) is 1.60. The van der Waals surface area contributed by atoms with Gasteiger partial charge in [0.1, 0.15) is 17.3 Å². The predicted molar refractivity (Wildman–Crippen MR) is 126 cm³/mol. The molecule has 7 nitrogen and oxygen atoms in total. The first kappa shape index (κ1) is 25.0. The zero-order valence-corrected chi connectivity index (χ0v) is 20.3. The van der Waals surface area contributed by atoms with E-state index in [1.807, 2.05) is 36.4 Å². The van der Waals surface area contributed by atoms with Crippen LogP contribution in [0.2, 0.25) is 5.02 Å². The van der Waals surface area contributed by atoms with Gasteiger partial charge in [-0.1, -0.05) is 35.9 Å². The van der Waals surface area contributed by atoms with Gasteiger partial charge in [0, 0.05) is 17.6 Å². The van der Waals surface area contributed by atoms with Crippen LogP contribution < -0.4 is 10.0 Å². The number of sulfonamides is 1. The molecule has 1 heterocycles. The predicted octanol–water partition coefficient (Wildman–Crippen LogP) is 4.66. The topological polar surface area (TPSA) is 97.6 Å². The molecule has 0 fully saturated rings. The third kappa shape index (κ3) is 7.43. The van der Waals surface area contributed by atoms with Crippen molar-refractivity contribution in [3.8, 4) is 0 Å². The molecule has 0 radical (unpaired) electrons. The molecule has 0 bridgehead atoms. The summed E-state index contributed by atoms with van der Waals surface area (Å²) in [5.41, 5.74) is 1.36. The normalized spacial score (nSPS) is 12.0. The van der Waals surface area contributed by atoms with E-state index in [0.29, 0.717) is 13.2 Å². The van der Waals surface area contributed by atoms with E-state index in [1.165, 1.54) is 18.2 Å². The Morgan fingerprint density at radius 3 is 2.48 bits per heavy atom. The van der Waals surface area contributed by atoms with Gasteiger partial charge in [-0.25, -0.2) is 13.1 Å². The Balaban J connectivity index is 1.63. The number of hydrogen-bond acceptors (Lipinski definition) is 5. The molecule has 33 heavy (non-hydrogen) atoms. The summed E-state index contributed by atoms with van der Waals surface area (Å²) in [6, 6.07) is 15.5. The summed E-state index contributed by atoms with van der Waals surface area (Å²) in [5.74, 6) is 0.346. The van der Waals surface area contributed by atoms with E-state index >= 15 is 0 Å². The average molecular weight is 491 g/mol. The summed E-state index contributed by atoms with van der Waals surface area (Å²) >= 11 is 6.11. The van der Waals surface area contributed by atoms with Gasteiger partial charge in [0.2, 0.25) is 10.0 Å². The monoisotopic (exact) mass is 490 g/mol. The second-order valence-electron chi connectivity index (χ2n) is 8.58. The molecule has 0 saturated carbocycles. The first-order valence-corrected chi connectivity index (χ1v) is 12.2. The number of ether oxygens (including phenoxy) is 1. The lowest BCUT2D eigenvalue weighted by Crippen LogP contribution is -2.40. The van der Waals surface area contributed by atoms with Crippen molar-refractivity contribution in [2.75, 3.05) is 0 Å².